The number of hydrogen-bond acceptors (Lipinski definition) is 3. The first kappa shape index (κ1) is 10.3. The molecule has 5 heteroatoms. The van der Waals surface area contributed by atoms with Crippen LogP contribution in [0.25, 0.3) is 0 Å². The molecule has 0 saturated heterocycles. The average molecular weight is 193 g/mol. The zero-order valence-electron chi connectivity index (χ0n) is 8.37. The third-order valence-corrected chi connectivity index (χ3v) is 1.94. The molecule has 0 aliphatic heterocycles. The highest BCUT2D eigenvalue weighted by atomic mass is 16.6. The van der Waals surface area contributed by atoms with Crippen molar-refractivity contribution in [2.45, 2.75) is 20.3 Å². The summed E-state index contributed by atoms with van der Waals surface area (Å²) in [5, 5.41) is 10.6. The topological polar surface area (TPSA) is 61.0 Å². The van der Waals surface area contributed by atoms with E-state index in [2.05, 4.69) is 16.8 Å². The van der Waals surface area contributed by atoms with Gasteiger partial charge < -0.3 is 10.1 Å². The fourth-order valence-electron chi connectivity index (χ4n) is 1.28. The molecule has 0 aliphatic carbocycles. The lowest BCUT2D eigenvalue weighted by molar-refractivity contribution is -0.390. The van der Waals surface area contributed by atoms with Crippen molar-refractivity contribution in [1.82, 2.24) is 9.55 Å². The van der Waals surface area contributed by atoms with Gasteiger partial charge in [-0.25, -0.2) is 0 Å². The monoisotopic (exact) mass is 193 g/mol. The molecule has 0 radical (unpaired) electrons. The summed E-state index contributed by atoms with van der Waals surface area (Å²) in [5.74, 6) is 5.75. The summed E-state index contributed by atoms with van der Waals surface area (Å²) in [4.78, 5) is 14.0. The fraction of sp³-hybridized carbons (Fsp3) is 0.444. The van der Waals surface area contributed by atoms with Crippen LogP contribution in [0.15, 0.2) is 0 Å². The van der Waals surface area contributed by atoms with Gasteiger partial charge in [-0.3, -0.25) is 4.57 Å². The van der Waals surface area contributed by atoms with Gasteiger partial charge in [-0.2, -0.15) is 0 Å². The highest BCUT2D eigenvalue weighted by Gasteiger charge is 2.22. The van der Waals surface area contributed by atoms with Crippen LogP contribution in [0.5, 0.6) is 0 Å². The largest absolute Gasteiger partial charge is 0.386 e. The molecule has 1 heterocycles. The van der Waals surface area contributed by atoms with Crippen LogP contribution in [0.3, 0.4) is 0 Å². The summed E-state index contributed by atoms with van der Waals surface area (Å²) >= 11 is 0. The number of rotatable bonds is 2. The van der Waals surface area contributed by atoms with E-state index in [0.29, 0.717) is 17.9 Å². The zero-order chi connectivity index (χ0) is 10.7. The van der Waals surface area contributed by atoms with Crippen LogP contribution in [0.1, 0.15) is 25.4 Å². The summed E-state index contributed by atoms with van der Waals surface area (Å²) in [5.41, 5.74) is 0.604. The summed E-state index contributed by atoms with van der Waals surface area (Å²) < 4.78 is 1.66. The predicted molar refractivity (Wildman–Crippen MR) is 51.8 cm³/mol. The first-order chi connectivity index (χ1) is 6.61. The molecular formula is C9H11N3O2. The van der Waals surface area contributed by atoms with Gasteiger partial charge in [-0.15, -0.1) is 0 Å². The number of aromatic nitrogens is 2. The predicted octanol–water partition coefficient (Wildman–Crippen LogP) is 1.26. The molecule has 0 atom stereocenters. The van der Waals surface area contributed by atoms with Crippen LogP contribution in [0.2, 0.25) is 0 Å². The first-order valence-electron chi connectivity index (χ1n) is 4.24. The summed E-state index contributed by atoms with van der Waals surface area (Å²) in [6.45, 7) is 3.53. The SMILES string of the molecule is CC#Cc1nc([N+](=O)[O-])c(CC)n1C. The van der Waals surface area contributed by atoms with Crippen molar-refractivity contribution in [2.24, 2.45) is 7.05 Å². The minimum atomic E-state index is -0.473. The second-order valence-electron chi connectivity index (χ2n) is 2.75. The molecule has 0 amide bonds. The van der Waals surface area contributed by atoms with E-state index in [1.165, 1.54) is 0 Å². The third-order valence-electron chi connectivity index (χ3n) is 1.94. The Morgan fingerprint density at radius 3 is 2.64 bits per heavy atom. The smallest absolute Gasteiger partial charge is 0.358 e. The summed E-state index contributed by atoms with van der Waals surface area (Å²) in [7, 11) is 1.73. The van der Waals surface area contributed by atoms with E-state index >= 15 is 0 Å². The minimum absolute atomic E-state index is 0.0900. The summed E-state index contributed by atoms with van der Waals surface area (Å²) in [6, 6.07) is 0. The standard InChI is InChI=1S/C9H11N3O2/c1-4-6-8-10-9(12(13)14)7(5-2)11(8)3/h5H2,1-3H3. The van der Waals surface area contributed by atoms with Crippen molar-refractivity contribution in [3.8, 4) is 11.8 Å². The lowest BCUT2D eigenvalue weighted by Gasteiger charge is -1.96. The molecule has 74 valence electrons. The van der Waals surface area contributed by atoms with Gasteiger partial charge >= 0.3 is 5.82 Å². The Kier molecular flexibility index (Phi) is 2.87. The molecule has 5 nitrogen and oxygen atoms in total. The van der Waals surface area contributed by atoms with Gasteiger partial charge in [-0.05, 0) is 29.2 Å². The van der Waals surface area contributed by atoms with Gasteiger partial charge in [0.25, 0.3) is 5.82 Å². The molecule has 1 aromatic rings. The molecule has 14 heavy (non-hydrogen) atoms. The lowest BCUT2D eigenvalue weighted by Crippen LogP contribution is -1.99. The fourth-order valence-corrected chi connectivity index (χ4v) is 1.28. The second kappa shape index (κ2) is 3.92. The maximum absolute atomic E-state index is 10.6. The van der Waals surface area contributed by atoms with Gasteiger partial charge in [-0.1, -0.05) is 12.8 Å². The highest BCUT2D eigenvalue weighted by Crippen LogP contribution is 2.18. The van der Waals surface area contributed by atoms with Gasteiger partial charge in [0.15, 0.2) is 0 Å². The van der Waals surface area contributed by atoms with E-state index in [1.54, 1.807) is 18.5 Å². The molecule has 0 fully saturated rings. The maximum atomic E-state index is 10.6. The van der Waals surface area contributed by atoms with Crippen molar-refractivity contribution in [3.05, 3.63) is 21.6 Å². The van der Waals surface area contributed by atoms with Crippen LogP contribution in [0, 0.1) is 22.0 Å². The lowest BCUT2D eigenvalue weighted by atomic mass is 10.3. The van der Waals surface area contributed by atoms with E-state index in [1.807, 2.05) is 6.92 Å². The van der Waals surface area contributed by atoms with Crippen LogP contribution in [-0.4, -0.2) is 14.5 Å². The molecule has 0 aliphatic rings. The Bertz CT molecular complexity index is 423. The molecule has 1 rings (SSSR count). The molecule has 1 aromatic heterocycles. The number of nitro groups is 1. The highest BCUT2D eigenvalue weighted by molar-refractivity contribution is 5.36. The molecule has 0 aromatic carbocycles. The van der Waals surface area contributed by atoms with Gasteiger partial charge in [0.05, 0.1) is 0 Å². The van der Waals surface area contributed by atoms with Crippen LogP contribution in [-0.2, 0) is 13.5 Å². The Labute approximate surface area is 81.9 Å². The number of hydrogen-bond donors (Lipinski definition) is 0. The molecule has 0 saturated carbocycles. The average Bonchev–Trinajstić information content (AvgIpc) is 2.44. The van der Waals surface area contributed by atoms with Crippen molar-refractivity contribution < 1.29 is 4.92 Å². The number of nitrogens with zero attached hydrogens (tertiary/aromatic N) is 3. The zero-order valence-corrected chi connectivity index (χ0v) is 8.37. The quantitative estimate of drug-likeness (QED) is 0.403. The van der Waals surface area contributed by atoms with Gasteiger partial charge in [0.2, 0.25) is 0 Å². The van der Waals surface area contributed by atoms with E-state index in [9.17, 15) is 10.1 Å². The minimum Gasteiger partial charge on any atom is -0.358 e. The van der Waals surface area contributed by atoms with Crippen molar-refractivity contribution >= 4 is 5.82 Å². The van der Waals surface area contributed by atoms with Crippen LogP contribution < -0.4 is 0 Å². The van der Waals surface area contributed by atoms with E-state index in [0.717, 1.165) is 0 Å². The third kappa shape index (κ3) is 1.59. The van der Waals surface area contributed by atoms with Crippen molar-refractivity contribution in [2.75, 3.05) is 0 Å². The van der Waals surface area contributed by atoms with E-state index in [4.69, 9.17) is 0 Å². The summed E-state index contributed by atoms with van der Waals surface area (Å²) in [6.07, 6.45) is 0.575. The van der Waals surface area contributed by atoms with Crippen molar-refractivity contribution in [3.63, 3.8) is 0 Å². The number of imidazole rings is 1. The van der Waals surface area contributed by atoms with E-state index in [-0.39, 0.29) is 5.82 Å². The normalized spacial score (nSPS) is 9.36. The van der Waals surface area contributed by atoms with Gasteiger partial charge in [0, 0.05) is 7.05 Å². The molecule has 0 unspecified atom stereocenters. The Hall–Kier alpha value is -1.83. The second-order valence-corrected chi connectivity index (χ2v) is 2.75. The van der Waals surface area contributed by atoms with Crippen LogP contribution in [0.4, 0.5) is 5.82 Å². The Morgan fingerprint density at radius 2 is 2.29 bits per heavy atom. The molecule has 0 spiro atoms. The maximum Gasteiger partial charge on any atom is 0.386 e. The molecule has 0 N–H and O–H groups in total. The molecular weight excluding hydrogens is 182 g/mol. The molecule has 0 bridgehead atoms. The van der Waals surface area contributed by atoms with Crippen LogP contribution >= 0.6 is 0 Å². The van der Waals surface area contributed by atoms with E-state index < -0.39 is 4.92 Å². The first-order valence-corrected chi connectivity index (χ1v) is 4.24. The Morgan fingerprint density at radius 1 is 1.64 bits per heavy atom. The van der Waals surface area contributed by atoms with Gasteiger partial charge in [0.1, 0.15) is 5.69 Å². The van der Waals surface area contributed by atoms with Crippen molar-refractivity contribution in [1.29, 1.82) is 0 Å². The Balaban J connectivity index is 3.36.